The Bertz CT molecular complexity index is 2390. The molecular formula is C42H30N4O3. The van der Waals surface area contributed by atoms with Gasteiger partial charge < -0.3 is 13.9 Å². The van der Waals surface area contributed by atoms with Crippen molar-refractivity contribution in [2.75, 3.05) is 0 Å². The van der Waals surface area contributed by atoms with E-state index in [-0.39, 0.29) is 0 Å². The van der Waals surface area contributed by atoms with Gasteiger partial charge in [0.15, 0.2) is 0 Å². The lowest BCUT2D eigenvalue weighted by molar-refractivity contribution is 0.0671. The molecule has 2 aliphatic heterocycles. The molecule has 6 aromatic rings. The van der Waals surface area contributed by atoms with Crippen LogP contribution in [0.5, 0.6) is 11.5 Å². The average molecular weight is 639 g/mol. The van der Waals surface area contributed by atoms with Crippen LogP contribution < -0.4 is 10.2 Å². The van der Waals surface area contributed by atoms with E-state index in [4.69, 9.17) is 19.0 Å². The van der Waals surface area contributed by atoms with Gasteiger partial charge in [-0.3, -0.25) is 5.43 Å². The molecule has 0 amide bonds. The summed E-state index contributed by atoms with van der Waals surface area (Å²) in [5.41, 5.74) is 12.7. The summed E-state index contributed by atoms with van der Waals surface area (Å²) in [4.78, 5) is 0. The summed E-state index contributed by atoms with van der Waals surface area (Å²) >= 11 is 0. The Labute approximate surface area is 283 Å². The number of ether oxygens (including phenoxy) is 2. The minimum absolute atomic E-state index is 0.514. The molecule has 3 heterocycles. The minimum atomic E-state index is -0.785. The van der Waals surface area contributed by atoms with E-state index in [2.05, 4.69) is 70.2 Å². The maximum atomic E-state index is 6.67. The molecule has 1 spiro atoms. The molecule has 0 radical (unpaired) electrons. The quantitative estimate of drug-likeness (QED) is 0.208. The third-order valence-electron chi connectivity index (χ3n) is 10.2. The van der Waals surface area contributed by atoms with Crippen molar-refractivity contribution in [1.82, 2.24) is 15.6 Å². The SMILES string of the molecule is CC1(c2ccccc2)NN=C(c2ccc3c(c2)C2(C4=C(CCC(c5nnc(-c6ccccc6)o5)=C4)c4ccccc42)c2ccccc2O3)O1. The lowest BCUT2D eigenvalue weighted by Crippen LogP contribution is -2.35. The summed E-state index contributed by atoms with van der Waals surface area (Å²) in [6, 6.07) is 43.4. The maximum Gasteiger partial charge on any atom is 0.248 e. The summed E-state index contributed by atoms with van der Waals surface area (Å²) in [6.07, 6.45) is 3.92. The van der Waals surface area contributed by atoms with Crippen LogP contribution in [-0.4, -0.2) is 16.1 Å². The summed E-state index contributed by atoms with van der Waals surface area (Å²) in [6.45, 7) is 2.00. The molecule has 4 aliphatic rings. The van der Waals surface area contributed by atoms with Crippen molar-refractivity contribution in [3.63, 3.8) is 0 Å². The highest BCUT2D eigenvalue weighted by Gasteiger charge is 2.52. The average Bonchev–Trinajstić information content (AvgIpc) is 3.89. The molecule has 1 N–H and O–H groups in total. The van der Waals surface area contributed by atoms with E-state index in [0.717, 1.165) is 57.7 Å². The second-order valence-corrected chi connectivity index (χ2v) is 13.0. The van der Waals surface area contributed by atoms with Crippen LogP contribution in [-0.2, 0) is 15.9 Å². The molecule has 0 saturated carbocycles. The lowest BCUT2D eigenvalue weighted by Gasteiger charge is -2.40. The van der Waals surface area contributed by atoms with Gasteiger partial charge in [-0.15, -0.1) is 15.3 Å². The number of benzene rings is 5. The van der Waals surface area contributed by atoms with E-state index < -0.39 is 11.1 Å². The predicted molar refractivity (Wildman–Crippen MR) is 188 cm³/mol. The minimum Gasteiger partial charge on any atom is -0.457 e. The fourth-order valence-corrected chi connectivity index (χ4v) is 7.93. The Morgan fingerprint density at radius 3 is 2.22 bits per heavy atom. The Kier molecular flexibility index (Phi) is 5.91. The number of nitrogens with one attached hydrogen (secondary N) is 1. The van der Waals surface area contributed by atoms with E-state index in [1.807, 2.05) is 85.8 Å². The van der Waals surface area contributed by atoms with Crippen molar-refractivity contribution in [2.45, 2.75) is 30.9 Å². The first-order valence-electron chi connectivity index (χ1n) is 16.6. The van der Waals surface area contributed by atoms with Crippen LogP contribution in [0.25, 0.3) is 22.6 Å². The molecule has 7 nitrogen and oxygen atoms in total. The fourth-order valence-electron chi connectivity index (χ4n) is 7.93. The zero-order valence-corrected chi connectivity index (χ0v) is 26.7. The second kappa shape index (κ2) is 10.4. The van der Waals surface area contributed by atoms with Gasteiger partial charge in [-0.05, 0) is 77.6 Å². The van der Waals surface area contributed by atoms with Crippen molar-refractivity contribution >= 4 is 17.0 Å². The monoisotopic (exact) mass is 638 g/mol. The molecule has 49 heavy (non-hydrogen) atoms. The molecule has 2 unspecified atom stereocenters. The fraction of sp³-hybridized carbons (Fsp3) is 0.119. The molecule has 0 fully saturated rings. The predicted octanol–water partition coefficient (Wildman–Crippen LogP) is 8.98. The van der Waals surface area contributed by atoms with E-state index in [1.165, 1.54) is 22.3 Å². The molecule has 7 heteroatoms. The number of hydrazone groups is 1. The Morgan fingerprint density at radius 1 is 0.653 bits per heavy atom. The number of hydrogen-bond donors (Lipinski definition) is 1. The highest BCUT2D eigenvalue weighted by Crippen LogP contribution is 2.63. The largest absolute Gasteiger partial charge is 0.457 e. The van der Waals surface area contributed by atoms with Gasteiger partial charge >= 0.3 is 0 Å². The van der Waals surface area contributed by atoms with Gasteiger partial charge in [-0.25, -0.2) is 0 Å². The molecule has 1 aromatic heterocycles. The van der Waals surface area contributed by atoms with E-state index in [0.29, 0.717) is 17.7 Å². The number of nitrogens with zero attached hydrogens (tertiary/aromatic N) is 3. The normalized spacial score (nSPS) is 21.4. The molecule has 2 aliphatic carbocycles. The molecule has 5 aromatic carbocycles. The third-order valence-corrected chi connectivity index (χ3v) is 10.2. The number of fused-ring (bicyclic) bond motifs is 8. The molecule has 0 bridgehead atoms. The molecule has 236 valence electrons. The standard InChI is InChI=1S/C42H30N4O3/c1-41(29-14-6-3-7-15-29)46-45-40(49-41)28-21-23-37-35(25-28)42(33-18-10-11-19-36(33)47-37)32-17-9-8-16-30(32)31-22-20-27(24-34(31)42)39-44-43-38(48-39)26-12-4-2-5-13-26/h2-19,21,23-25,46H,20,22H2,1H3. The van der Waals surface area contributed by atoms with E-state index in [9.17, 15) is 0 Å². The van der Waals surface area contributed by atoms with Gasteiger partial charge in [0.05, 0.1) is 5.41 Å². The van der Waals surface area contributed by atoms with Crippen molar-refractivity contribution < 1.29 is 13.9 Å². The molecule has 0 saturated heterocycles. The second-order valence-electron chi connectivity index (χ2n) is 13.0. The smallest absolute Gasteiger partial charge is 0.248 e. The van der Waals surface area contributed by atoms with Gasteiger partial charge in [0.2, 0.25) is 23.4 Å². The van der Waals surface area contributed by atoms with Crippen molar-refractivity contribution in [3.05, 3.63) is 178 Å². The van der Waals surface area contributed by atoms with Crippen molar-refractivity contribution in [2.24, 2.45) is 5.10 Å². The van der Waals surface area contributed by atoms with Crippen molar-refractivity contribution in [3.8, 4) is 23.0 Å². The van der Waals surface area contributed by atoms with Gasteiger partial charge in [-0.1, -0.05) is 91.0 Å². The van der Waals surface area contributed by atoms with Crippen LogP contribution in [0.1, 0.15) is 59.0 Å². The third kappa shape index (κ3) is 4.05. The van der Waals surface area contributed by atoms with E-state index in [1.54, 1.807) is 0 Å². The summed E-state index contributed by atoms with van der Waals surface area (Å²) < 4.78 is 19.6. The zero-order chi connectivity index (χ0) is 32.6. The highest BCUT2D eigenvalue weighted by molar-refractivity contribution is 5.98. The zero-order valence-electron chi connectivity index (χ0n) is 26.7. The number of hydrogen-bond acceptors (Lipinski definition) is 7. The Morgan fingerprint density at radius 2 is 1.37 bits per heavy atom. The Hall–Kier alpha value is -6.21. The van der Waals surface area contributed by atoms with Crippen LogP contribution in [0.2, 0.25) is 0 Å². The van der Waals surface area contributed by atoms with E-state index >= 15 is 0 Å². The first-order chi connectivity index (χ1) is 24.1. The van der Waals surface area contributed by atoms with Gasteiger partial charge in [0.1, 0.15) is 11.5 Å². The first kappa shape index (κ1) is 27.9. The van der Waals surface area contributed by atoms with Crippen LogP contribution in [0.3, 0.4) is 0 Å². The Balaban J connectivity index is 1.15. The summed E-state index contributed by atoms with van der Waals surface area (Å²) in [7, 11) is 0. The van der Waals surface area contributed by atoms with Crippen LogP contribution in [0.15, 0.2) is 149 Å². The topological polar surface area (TPSA) is 81.8 Å². The summed E-state index contributed by atoms with van der Waals surface area (Å²) in [5, 5.41) is 13.7. The van der Waals surface area contributed by atoms with Gasteiger partial charge in [-0.2, -0.15) is 0 Å². The number of rotatable bonds is 4. The van der Waals surface area contributed by atoms with Crippen LogP contribution >= 0.6 is 0 Å². The van der Waals surface area contributed by atoms with Gasteiger partial charge in [0.25, 0.3) is 0 Å². The number of aromatic nitrogens is 2. The maximum absolute atomic E-state index is 6.67. The molecular weight excluding hydrogens is 608 g/mol. The number of allylic oxidation sites excluding steroid dienone is 4. The lowest BCUT2D eigenvalue weighted by atomic mass is 9.64. The highest BCUT2D eigenvalue weighted by atomic mass is 16.5. The van der Waals surface area contributed by atoms with Gasteiger partial charge in [0, 0.05) is 40.3 Å². The number of para-hydroxylation sites is 1. The van der Waals surface area contributed by atoms with Crippen LogP contribution in [0.4, 0.5) is 0 Å². The summed E-state index contributed by atoms with van der Waals surface area (Å²) in [5.74, 6) is 3.23. The van der Waals surface area contributed by atoms with Crippen LogP contribution in [0, 0.1) is 0 Å². The molecule has 10 rings (SSSR count). The first-order valence-corrected chi connectivity index (χ1v) is 16.6. The molecule has 2 atom stereocenters. The van der Waals surface area contributed by atoms with Crippen molar-refractivity contribution in [1.29, 1.82) is 0 Å².